The Bertz CT molecular complexity index is 1160. The van der Waals surface area contributed by atoms with E-state index in [1.165, 1.54) is 30.0 Å². The standard InChI is InChI=1S/C20H19Cl2N5O4S/c1-3-26-18(10-31-14-5-7-15(21)12(2)8-14)24-25-20(26)32-11-19(28)23-17-9-13(27(29)30)4-6-16(17)22/h4-9H,3,10-11H2,1-2H3,(H,23,28). The van der Waals surface area contributed by atoms with Gasteiger partial charge in [-0.25, -0.2) is 0 Å². The number of nitro benzene ring substituents is 1. The van der Waals surface area contributed by atoms with Crippen molar-refractivity contribution in [2.45, 2.75) is 32.2 Å². The number of nitro groups is 1. The molecule has 0 atom stereocenters. The number of non-ortho nitro benzene ring substituents is 1. The minimum atomic E-state index is -0.556. The SMILES string of the molecule is CCn1c(COc2ccc(Cl)c(C)c2)nnc1SCC(=O)Nc1cc([N+](=O)[O-])ccc1Cl. The number of thioether (sulfide) groups is 1. The topological polar surface area (TPSA) is 112 Å². The average Bonchev–Trinajstić information content (AvgIpc) is 3.16. The van der Waals surface area contributed by atoms with Crippen LogP contribution in [0.4, 0.5) is 11.4 Å². The van der Waals surface area contributed by atoms with Crippen molar-refractivity contribution in [1.82, 2.24) is 14.8 Å². The Labute approximate surface area is 198 Å². The van der Waals surface area contributed by atoms with Crippen LogP contribution in [0.15, 0.2) is 41.6 Å². The van der Waals surface area contributed by atoms with E-state index in [1.54, 1.807) is 12.1 Å². The third-order valence-electron chi connectivity index (χ3n) is 4.37. The molecule has 0 aliphatic carbocycles. The van der Waals surface area contributed by atoms with Gasteiger partial charge in [-0.15, -0.1) is 10.2 Å². The first-order valence-corrected chi connectivity index (χ1v) is 11.2. The van der Waals surface area contributed by atoms with Crippen molar-refractivity contribution in [1.29, 1.82) is 0 Å². The number of nitrogens with zero attached hydrogens (tertiary/aromatic N) is 4. The highest BCUT2D eigenvalue weighted by Gasteiger charge is 2.16. The van der Waals surface area contributed by atoms with Gasteiger partial charge in [0.05, 0.1) is 21.4 Å². The number of benzene rings is 2. The number of aromatic nitrogens is 3. The Balaban J connectivity index is 1.61. The number of carbonyl (C=O) groups is 1. The van der Waals surface area contributed by atoms with Gasteiger partial charge in [-0.3, -0.25) is 14.9 Å². The van der Waals surface area contributed by atoms with Gasteiger partial charge in [0.15, 0.2) is 11.0 Å². The first kappa shape index (κ1) is 23.8. The highest BCUT2D eigenvalue weighted by molar-refractivity contribution is 7.99. The van der Waals surface area contributed by atoms with E-state index >= 15 is 0 Å². The van der Waals surface area contributed by atoms with Crippen molar-refractivity contribution in [2.24, 2.45) is 0 Å². The first-order chi connectivity index (χ1) is 15.3. The van der Waals surface area contributed by atoms with E-state index in [1.807, 2.05) is 24.5 Å². The molecule has 0 unspecified atom stereocenters. The zero-order valence-corrected chi connectivity index (χ0v) is 19.5. The van der Waals surface area contributed by atoms with Gasteiger partial charge in [0, 0.05) is 23.7 Å². The summed E-state index contributed by atoms with van der Waals surface area (Å²) in [7, 11) is 0. The van der Waals surface area contributed by atoms with Crippen molar-refractivity contribution >= 4 is 52.2 Å². The number of halogens is 2. The van der Waals surface area contributed by atoms with Gasteiger partial charge in [0.1, 0.15) is 12.4 Å². The predicted molar refractivity (Wildman–Crippen MR) is 124 cm³/mol. The maximum Gasteiger partial charge on any atom is 0.271 e. The maximum atomic E-state index is 12.3. The number of hydrogen-bond acceptors (Lipinski definition) is 7. The smallest absolute Gasteiger partial charge is 0.271 e. The summed E-state index contributed by atoms with van der Waals surface area (Å²) in [5.74, 6) is 0.927. The van der Waals surface area contributed by atoms with Crippen LogP contribution < -0.4 is 10.1 Å². The summed E-state index contributed by atoms with van der Waals surface area (Å²) < 4.78 is 7.64. The monoisotopic (exact) mass is 495 g/mol. The van der Waals surface area contributed by atoms with E-state index in [0.29, 0.717) is 28.3 Å². The number of nitrogens with one attached hydrogen (secondary N) is 1. The fourth-order valence-corrected chi connectivity index (χ4v) is 3.85. The van der Waals surface area contributed by atoms with E-state index in [2.05, 4.69) is 15.5 Å². The van der Waals surface area contributed by atoms with Crippen LogP contribution in [-0.4, -0.2) is 31.3 Å². The molecule has 3 rings (SSSR count). The number of rotatable bonds is 9. The lowest BCUT2D eigenvalue weighted by Gasteiger charge is -2.10. The van der Waals surface area contributed by atoms with E-state index < -0.39 is 4.92 Å². The first-order valence-electron chi connectivity index (χ1n) is 9.46. The average molecular weight is 496 g/mol. The molecule has 2 aromatic carbocycles. The molecule has 168 valence electrons. The molecule has 0 bridgehead atoms. The van der Waals surface area contributed by atoms with Gasteiger partial charge in [-0.1, -0.05) is 35.0 Å². The molecule has 0 fully saturated rings. The van der Waals surface area contributed by atoms with Crippen molar-refractivity contribution in [3.05, 3.63) is 67.9 Å². The Morgan fingerprint density at radius 2 is 1.97 bits per heavy atom. The van der Waals surface area contributed by atoms with E-state index in [-0.39, 0.29) is 34.7 Å². The number of amides is 1. The largest absolute Gasteiger partial charge is 0.486 e. The molecule has 1 aromatic heterocycles. The highest BCUT2D eigenvalue weighted by atomic mass is 35.5. The normalized spacial score (nSPS) is 10.8. The molecule has 0 saturated heterocycles. The molecule has 32 heavy (non-hydrogen) atoms. The van der Waals surface area contributed by atoms with E-state index in [4.69, 9.17) is 27.9 Å². The maximum absolute atomic E-state index is 12.3. The summed E-state index contributed by atoms with van der Waals surface area (Å²) in [5, 5.41) is 23.2. The molecular formula is C20H19Cl2N5O4S. The van der Waals surface area contributed by atoms with Crippen LogP contribution in [0.3, 0.4) is 0 Å². The third kappa shape index (κ3) is 5.90. The third-order valence-corrected chi connectivity index (χ3v) is 6.09. The Morgan fingerprint density at radius 1 is 1.22 bits per heavy atom. The second kappa shape index (κ2) is 10.7. The van der Waals surface area contributed by atoms with E-state index in [0.717, 1.165) is 5.56 Å². The van der Waals surface area contributed by atoms with Crippen LogP contribution in [0, 0.1) is 17.0 Å². The fourth-order valence-electron chi connectivity index (χ4n) is 2.74. The predicted octanol–water partition coefficient (Wildman–Crippen LogP) is 5.13. The molecule has 3 aromatic rings. The van der Waals surface area contributed by atoms with Crippen LogP contribution in [0.5, 0.6) is 5.75 Å². The van der Waals surface area contributed by atoms with Crippen LogP contribution in [0.25, 0.3) is 0 Å². The Hall–Kier alpha value is -2.82. The van der Waals surface area contributed by atoms with Gasteiger partial charge in [-0.2, -0.15) is 0 Å². The fraction of sp³-hybridized carbons (Fsp3) is 0.250. The number of carbonyl (C=O) groups excluding carboxylic acids is 1. The lowest BCUT2D eigenvalue weighted by Crippen LogP contribution is -2.15. The van der Waals surface area contributed by atoms with Crippen LogP contribution in [-0.2, 0) is 17.9 Å². The summed E-state index contributed by atoms with van der Waals surface area (Å²) in [6, 6.07) is 9.24. The van der Waals surface area contributed by atoms with Crippen LogP contribution in [0.1, 0.15) is 18.3 Å². The second-order valence-electron chi connectivity index (χ2n) is 6.60. The lowest BCUT2D eigenvalue weighted by molar-refractivity contribution is -0.384. The molecular weight excluding hydrogens is 477 g/mol. The molecule has 0 aliphatic rings. The summed E-state index contributed by atoms with van der Waals surface area (Å²) >= 11 is 13.3. The Morgan fingerprint density at radius 3 is 2.66 bits per heavy atom. The van der Waals surface area contributed by atoms with Crippen molar-refractivity contribution in [3.8, 4) is 5.75 Å². The van der Waals surface area contributed by atoms with Gasteiger partial charge < -0.3 is 14.6 Å². The summed E-state index contributed by atoms with van der Waals surface area (Å²) in [6.45, 7) is 4.63. The minimum Gasteiger partial charge on any atom is -0.486 e. The van der Waals surface area contributed by atoms with Gasteiger partial charge in [-0.05, 0) is 43.7 Å². The van der Waals surface area contributed by atoms with Gasteiger partial charge >= 0.3 is 0 Å². The number of hydrogen-bond donors (Lipinski definition) is 1. The molecule has 0 aliphatic heterocycles. The zero-order valence-electron chi connectivity index (χ0n) is 17.2. The summed E-state index contributed by atoms with van der Waals surface area (Å²) in [4.78, 5) is 22.7. The number of aryl methyl sites for hydroxylation is 1. The highest BCUT2D eigenvalue weighted by Crippen LogP contribution is 2.27. The minimum absolute atomic E-state index is 0.0222. The van der Waals surface area contributed by atoms with Crippen LogP contribution >= 0.6 is 35.0 Å². The molecule has 0 saturated carbocycles. The summed E-state index contributed by atoms with van der Waals surface area (Å²) in [6.07, 6.45) is 0. The summed E-state index contributed by atoms with van der Waals surface area (Å²) in [5.41, 5.74) is 0.923. The van der Waals surface area contributed by atoms with Gasteiger partial charge in [0.25, 0.3) is 5.69 Å². The number of ether oxygens (including phenoxy) is 1. The Kier molecular flexibility index (Phi) is 7.94. The quantitative estimate of drug-likeness (QED) is 0.248. The van der Waals surface area contributed by atoms with Crippen molar-refractivity contribution < 1.29 is 14.5 Å². The van der Waals surface area contributed by atoms with Crippen LogP contribution in [0.2, 0.25) is 10.0 Å². The molecule has 1 heterocycles. The lowest BCUT2D eigenvalue weighted by atomic mass is 10.2. The molecule has 1 amide bonds. The zero-order chi connectivity index (χ0) is 23.3. The van der Waals surface area contributed by atoms with Crippen molar-refractivity contribution in [3.63, 3.8) is 0 Å². The molecule has 1 N–H and O–H groups in total. The second-order valence-corrected chi connectivity index (χ2v) is 8.36. The van der Waals surface area contributed by atoms with Crippen molar-refractivity contribution in [2.75, 3.05) is 11.1 Å². The van der Waals surface area contributed by atoms with E-state index in [9.17, 15) is 14.9 Å². The molecule has 0 spiro atoms. The van der Waals surface area contributed by atoms with Gasteiger partial charge in [0.2, 0.25) is 5.91 Å². The number of anilines is 1. The molecule has 9 nitrogen and oxygen atoms in total. The molecule has 12 heteroatoms. The molecule has 0 radical (unpaired) electrons.